The summed E-state index contributed by atoms with van der Waals surface area (Å²) in [6, 6.07) is 0. The van der Waals surface area contributed by atoms with Gasteiger partial charge in [0.15, 0.2) is 5.01 Å². The summed E-state index contributed by atoms with van der Waals surface area (Å²) < 4.78 is 31.7. The van der Waals surface area contributed by atoms with E-state index in [0.717, 1.165) is 31.6 Å². The summed E-state index contributed by atoms with van der Waals surface area (Å²) >= 11 is 1.55. The van der Waals surface area contributed by atoms with Crippen molar-refractivity contribution in [2.75, 3.05) is 19.6 Å². The topological polar surface area (TPSA) is 91.3 Å². The number of alkyl halides is 3. The fourth-order valence-electron chi connectivity index (χ4n) is 1.78. The molecule has 1 aliphatic heterocycles. The summed E-state index contributed by atoms with van der Waals surface area (Å²) in [5, 5.41) is 14.0. The third kappa shape index (κ3) is 6.83. The highest BCUT2D eigenvalue weighted by Gasteiger charge is 2.38. The van der Waals surface area contributed by atoms with Gasteiger partial charge >= 0.3 is 12.1 Å². The molecule has 0 atom stereocenters. The molecule has 0 saturated heterocycles. The van der Waals surface area contributed by atoms with Crippen LogP contribution in [-0.4, -0.2) is 47.8 Å². The first-order chi connectivity index (χ1) is 11.1. The van der Waals surface area contributed by atoms with Crippen molar-refractivity contribution in [2.45, 2.75) is 32.9 Å². The van der Waals surface area contributed by atoms with Crippen LogP contribution in [0.3, 0.4) is 0 Å². The number of rotatable bonds is 3. The predicted octanol–water partition coefficient (Wildman–Crippen LogP) is 1.85. The molecule has 0 unspecified atom stereocenters. The minimum Gasteiger partial charge on any atom is -0.475 e. The van der Waals surface area contributed by atoms with E-state index in [4.69, 9.17) is 9.90 Å². The summed E-state index contributed by atoms with van der Waals surface area (Å²) in [7, 11) is 0. The number of carbonyl (C=O) groups excluding carboxylic acids is 1. The molecule has 0 aromatic carbocycles. The number of carboxylic acids is 1. The first-order valence-corrected chi connectivity index (χ1v) is 8.20. The molecule has 3 N–H and O–H groups in total. The molecule has 0 radical (unpaired) electrons. The number of hydrogen-bond donors (Lipinski definition) is 3. The van der Waals surface area contributed by atoms with E-state index in [-0.39, 0.29) is 5.91 Å². The molecule has 1 amide bonds. The highest BCUT2D eigenvalue weighted by Crippen LogP contribution is 2.21. The van der Waals surface area contributed by atoms with Crippen LogP contribution in [0.15, 0.2) is 0 Å². The number of aliphatic carboxylic acids is 1. The highest BCUT2D eigenvalue weighted by molar-refractivity contribution is 7.13. The minimum atomic E-state index is -5.08. The molecular formula is C14H20F3N3O3S. The van der Waals surface area contributed by atoms with Gasteiger partial charge < -0.3 is 15.7 Å². The second-order valence-corrected chi connectivity index (χ2v) is 6.63. The number of thiazole rings is 1. The lowest BCUT2D eigenvalue weighted by molar-refractivity contribution is -0.192. The van der Waals surface area contributed by atoms with E-state index < -0.39 is 12.1 Å². The average molecular weight is 367 g/mol. The first kappa shape index (κ1) is 20.4. The standard InChI is InChI=1S/C12H19N3OS.C2HF3O2/c1-8(2)7-14-11(16)12-15-9-3-5-13-6-4-10(9)17-12;3-2(4,5)1(6)7/h8,13H,3-7H2,1-2H3,(H,14,16);(H,6,7). The van der Waals surface area contributed by atoms with E-state index in [0.29, 0.717) is 17.5 Å². The van der Waals surface area contributed by atoms with E-state index >= 15 is 0 Å². The Morgan fingerprint density at radius 3 is 2.46 bits per heavy atom. The Morgan fingerprint density at radius 2 is 1.92 bits per heavy atom. The number of nitrogens with zero attached hydrogens (tertiary/aromatic N) is 1. The van der Waals surface area contributed by atoms with Gasteiger partial charge in [-0.3, -0.25) is 4.79 Å². The monoisotopic (exact) mass is 367 g/mol. The maximum absolute atomic E-state index is 11.9. The molecule has 24 heavy (non-hydrogen) atoms. The second kappa shape index (κ2) is 8.97. The molecule has 0 fully saturated rings. The molecule has 2 heterocycles. The lowest BCUT2D eigenvalue weighted by Crippen LogP contribution is -2.27. The zero-order valence-corrected chi connectivity index (χ0v) is 14.2. The largest absolute Gasteiger partial charge is 0.490 e. The summed E-state index contributed by atoms with van der Waals surface area (Å²) in [6.45, 7) is 6.84. The molecule has 1 aliphatic rings. The Kier molecular flexibility index (Phi) is 7.61. The number of carbonyl (C=O) groups is 2. The van der Waals surface area contributed by atoms with Crippen LogP contribution in [-0.2, 0) is 17.6 Å². The van der Waals surface area contributed by atoms with Gasteiger partial charge in [-0.05, 0) is 12.3 Å². The maximum Gasteiger partial charge on any atom is 0.490 e. The van der Waals surface area contributed by atoms with E-state index in [9.17, 15) is 18.0 Å². The average Bonchev–Trinajstić information content (AvgIpc) is 2.75. The molecule has 1 aromatic heterocycles. The van der Waals surface area contributed by atoms with E-state index in [1.165, 1.54) is 4.88 Å². The van der Waals surface area contributed by atoms with Gasteiger partial charge in [-0.15, -0.1) is 11.3 Å². The van der Waals surface area contributed by atoms with Crippen molar-refractivity contribution in [3.8, 4) is 0 Å². The van der Waals surface area contributed by atoms with Gasteiger partial charge in [0.1, 0.15) is 0 Å². The molecule has 0 saturated carbocycles. The van der Waals surface area contributed by atoms with Crippen LogP contribution in [0.5, 0.6) is 0 Å². The van der Waals surface area contributed by atoms with Gasteiger partial charge in [0.25, 0.3) is 5.91 Å². The number of aromatic nitrogens is 1. The van der Waals surface area contributed by atoms with Crippen LogP contribution in [0, 0.1) is 5.92 Å². The van der Waals surface area contributed by atoms with E-state index in [2.05, 4.69) is 29.5 Å². The zero-order valence-electron chi connectivity index (χ0n) is 13.4. The lowest BCUT2D eigenvalue weighted by atomic mass is 10.2. The third-order valence-corrected chi connectivity index (χ3v) is 4.11. The van der Waals surface area contributed by atoms with Crippen LogP contribution in [0.4, 0.5) is 13.2 Å². The molecular weight excluding hydrogens is 347 g/mol. The second-order valence-electron chi connectivity index (χ2n) is 5.55. The van der Waals surface area contributed by atoms with E-state index in [1.54, 1.807) is 11.3 Å². The minimum absolute atomic E-state index is 0.0234. The van der Waals surface area contributed by atoms with Crippen LogP contribution >= 0.6 is 11.3 Å². The van der Waals surface area contributed by atoms with Crippen molar-refractivity contribution < 1.29 is 27.9 Å². The van der Waals surface area contributed by atoms with E-state index in [1.807, 2.05) is 0 Å². The van der Waals surface area contributed by atoms with Crippen LogP contribution < -0.4 is 10.6 Å². The van der Waals surface area contributed by atoms with Crippen molar-refractivity contribution in [3.05, 3.63) is 15.6 Å². The molecule has 136 valence electrons. The summed E-state index contributed by atoms with van der Waals surface area (Å²) in [5.41, 5.74) is 1.11. The Labute approximate surface area is 141 Å². The highest BCUT2D eigenvalue weighted by atomic mass is 32.1. The van der Waals surface area contributed by atoms with Gasteiger partial charge in [-0.2, -0.15) is 13.2 Å². The number of nitrogens with one attached hydrogen (secondary N) is 2. The molecule has 0 spiro atoms. The van der Waals surface area contributed by atoms with Crippen molar-refractivity contribution in [1.82, 2.24) is 15.6 Å². The quantitative estimate of drug-likeness (QED) is 0.758. The molecule has 1 aromatic rings. The number of amides is 1. The summed E-state index contributed by atoms with van der Waals surface area (Å²) in [6.07, 6.45) is -3.16. The Hall–Kier alpha value is -1.68. The van der Waals surface area contributed by atoms with Crippen molar-refractivity contribution in [2.24, 2.45) is 5.92 Å². The fraction of sp³-hybridized carbons (Fsp3) is 0.643. The van der Waals surface area contributed by atoms with Crippen molar-refractivity contribution in [1.29, 1.82) is 0 Å². The number of halogens is 3. The molecule has 0 aliphatic carbocycles. The Bertz CT molecular complexity index is 550. The lowest BCUT2D eigenvalue weighted by Gasteiger charge is -2.05. The molecule has 0 bridgehead atoms. The SMILES string of the molecule is CC(C)CNC(=O)c1nc2c(s1)CCNCC2.O=C(O)C(F)(F)F. The van der Waals surface area contributed by atoms with Gasteiger partial charge in [0, 0.05) is 30.9 Å². The van der Waals surface area contributed by atoms with Crippen LogP contribution in [0.2, 0.25) is 0 Å². The maximum atomic E-state index is 11.9. The van der Waals surface area contributed by atoms with Gasteiger partial charge in [0.05, 0.1) is 5.69 Å². The zero-order chi connectivity index (χ0) is 18.3. The number of fused-ring (bicyclic) bond motifs is 1. The number of carboxylic acid groups (broad SMARTS) is 1. The fourth-order valence-corrected chi connectivity index (χ4v) is 2.80. The Balaban J connectivity index is 0.000000351. The van der Waals surface area contributed by atoms with Crippen LogP contribution in [0.25, 0.3) is 0 Å². The van der Waals surface area contributed by atoms with Crippen molar-refractivity contribution in [3.63, 3.8) is 0 Å². The molecule has 2 rings (SSSR count). The van der Waals surface area contributed by atoms with Crippen molar-refractivity contribution >= 4 is 23.2 Å². The van der Waals surface area contributed by atoms with Crippen LogP contribution in [0.1, 0.15) is 34.2 Å². The first-order valence-electron chi connectivity index (χ1n) is 7.38. The third-order valence-electron chi connectivity index (χ3n) is 2.95. The van der Waals surface area contributed by atoms with Gasteiger partial charge in [0.2, 0.25) is 0 Å². The summed E-state index contributed by atoms with van der Waals surface area (Å²) in [5.74, 6) is -2.31. The Morgan fingerprint density at radius 1 is 1.33 bits per heavy atom. The van der Waals surface area contributed by atoms with Gasteiger partial charge in [-0.1, -0.05) is 13.8 Å². The number of hydrogen-bond acceptors (Lipinski definition) is 5. The molecule has 6 nitrogen and oxygen atoms in total. The molecule has 10 heteroatoms. The smallest absolute Gasteiger partial charge is 0.475 e. The normalized spacial score (nSPS) is 14.2. The predicted molar refractivity (Wildman–Crippen MR) is 83.3 cm³/mol. The van der Waals surface area contributed by atoms with Gasteiger partial charge in [-0.25, -0.2) is 9.78 Å². The summed E-state index contributed by atoms with van der Waals surface area (Å²) in [4.78, 5) is 26.5.